The maximum Gasteiger partial charge on any atom is 0.0705 e. The molecule has 2 N–H and O–H groups in total. The summed E-state index contributed by atoms with van der Waals surface area (Å²) < 4.78 is 0. The average molecular weight is 240 g/mol. The Morgan fingerprint density at radius 3 is 2.89 bits per heavy atom. The van der Waals surface area contributed by atoms with E-state index in [0.717, 1.165) is 24.8 Å². The van der Waals surface area contributed by atoms with Crippen LogP contribution in [0.3, 0.4) is 0 Å². The first-order valence-corrected chi connectivity index (χ1v) is 6.75. The van der Waals surface area contributed by atoms with Crippen LogP contribution in [0, 0.1) is 5.41 Å². The number of benzene rings is 1. The Labute approximate surface area is 108 Å². The molecule has 0 amide bonds. The number of para-hydroxylation sites is 1. The van der Waals surface area contributed by atoms with E-state index in [2.05, 4.69) is 37.3 Å². The second kappa shape index (κ2) is 4.36. The van der Waals surface area contributed by atoms with Crippen LogP contribution in [0.25, 0.3) is 10.9 Å². The van der Waals surface area contributed by atoms with Gasteiger partial charge >= 0.3 is 0 Å². The quantitative estimate of drug-likeness (QED) is 0.874. The second-order valence-corrected chi connectivity index (χ2v) is 5.99. The summed E-state index contributed by atoms with van der Waals surface area (Å²) in [6, 6.07) is 13.0. The van der Waals surface area contributed by atoms with Gasteiger partial charge in [-0.15, -0.1) is 0 Å². The van der Waals surface area contributed by atoms with Crippen LogP contribution in [-0.4, -0.2) is 11.0 Å². The van der Waals surface area contributed by atoms with Crippen LogP contribution in [0.4, 0.5) is 0 Å². The van der Waals surface area contributed by atoms with Gasteiger partial charge in [0.15, 0.2) is 0 Å². The molecule has 2 atom stereocenters. The molecular weight excluding hydrogens is 220 g/mol. The summed E-state index contributed by atoms with van der Waals surface area (Å²) in [5, 5.41) is 1.22. The van der Waals surface area contributed by atoms with Gasteiger partial charge in [0.25, 0.3) is 0 Å². The molecule has 1 aromatic heterocycles. The number of nitrogens with two attached hydrogens (primary N) is 1. The zero-order chi connectivity index (χ0) is 12.6. The second-order valence-electron chi connectivity index (χ2n) is 5.99. The van der Waals surface area contributed by atoms with Gasteiger partial charge < -0.3 is 5.73 Å². The Morgan fingerprint density at radius 1 is 1.28 bits per heavy atom. The third-order valence-electron chi connectivity index (χ3n) is 4.14. The summed E-state index contributed by atoms with van der Waals surface area (Å²) in [7, 11) is 0. The van der Waals surface area contributed by atoms with Crippen LogP contribution in [0.1, 0.15) is 31.9 Å². The van der Waals surface area contributed by atoms with E-state index in [1.54, 1.807) is 0 Å². The maximum atomic E-state index is 6.03. The number of pyridine rings is 1. The van der Waals surface area contributed by atoms with E-state index in [1.807, 2.05) is 6.07 Å². The Kier molecular flexibility index (Phi) is 2.83. The van der Waals surface area contributed by atoms with Gasteiger partial charge in [-0.1, -0.05) is 31.2 Å². The number of fused-ring (bicyclic) bond motifs is 1. The summed E-state index contributed by atoms with van der Waals surface area (Å²) in [6.45, 7) is 2.34. The lowest BCUT2D eigenvalue weighted by Gasteiger charge is -2.23. The van der Waals surface area contributed by atoms with Crippen molar-refractivity contribution in [3.63, 3.8) is 0 Å². The molecule has 18 heavy (non-hydrogen) atoms. The van der Waals surface area contributed by atoms with E-state index in [-0.39, 0.29) is 0 Å². The fourth-order valence-electron chi connectivity index (χ4n) is 3.18. The summed E-state index contributed by atoms with van der Waals surface area (Å²) >= 11 is 0. The van der Waals surface area contributed by atoms with Crippen LogP contribution in [0.15, 0.2) is 36.4 Å². The van der Waals surface area contributed by atoms with Gasteiger partial charge in [-0.2, -0.15) is 0 Å². The molecule has 94 valence electrons. The van der Waals surface area contributed by atoms with E-state index in [1.165, 1.54) is 17.5 Å². The zero-order valence-corrected chi connectivity index (χ0v) is 10.9. The van der Waals surface area contributed by atoms with Crippen LogP contribution in [-0.2, 0) is 6.42 Å². The summed E-state index contributed by atoms with van der Waals surface area (Å²) in [5.41, 5.74) is 8.67. The van der Waals surface area contributed by atoms with Crippen molar-refractivity contribution in [1.82, 2.24) is 4.98 Å². The Bertz CT molecular complexity index is 564. The van der Waals surface area contributed by atoms with Crippen LogP contribution in [0.5, 0.6) is 0 Å². The van der Waals surface area contributed by atoms with Gasteiger partial charge in [0.1, 0.15) is 0 Å². The van der Waals surface area contributed by atoms with Gasteiger partial charge in [0.05, 0.1) is 5.52 Å². The van der Waals surface area contributed by atoms with Crippen molar-refractivity contribution in [1.29, 1.82) is 0 Å². The third kappa shape index (κ3) is 2.25. The molecule has 1 aliphatic carbocycles. The van der Waals surface area contributed by atoms with E-state index in [9.17, 15) is 0 Å². The van der Waals surface area contributed by atoms with Gasteiger partial charge in [-0.05, 0) is 43.2 Å². The summed E-state index contributed by atoms with van der Waals surface area (Å²) in [6.07, 6.45) is 4.56. The molecule has 1 heterocycles. The molecule has 1 aromatic carbocycles. The van der Waals surface area contributed by atoms with Crippen molar-refractivity contribution in [3.05, 3.63) is 42.1 Å². The van der Waals surface area contributed by atoms with Crippen molar-refractivity contribution < 1.29 is 0 Å². The fourth-order valence-corrected chi connectivity index (χ4v) is 3.18. The van der Waals surface area contributed by atoms with Crippen molar-refractivity contribution in [2.45, 2.75) is 38.6 Å². The van der Waals surface area contributed by atoms with Gasteiger partial charge in [-0.25, -0.2) is 0 Å². The SMILES string of the molecule is CC1(Cc2ccc3ccccc3n2)CCC(N)C1. The van der Waals surface area contributed by atoms with Crippen molar-refractivity contribution in [2.75, 3.05) is 0 Å². The topological polar surface area (TPSA) is 38.9 Å². The molecule has 1 saturated carbocycles. The number of hydrogen-bond acceptors (Lipinski definition) is 2. The fraction of sp³-hybridized carbons (Fsp3) is 0.438. The Hall–Kier alpha value is -1.41. The minimum Gasteiger partial charge on any atom is -0.328 e. The smallest absolute Gasteiger partial charge is 0.0705 e. The van der Waals surface area contributed by atoms with Crippen LogP contribution < -0.4 is 5.73 Å². The zero-order valence-electron chi connectivity index (χ0n) is 10.9. The molecule has 2 unspecified atom stereocenters. The predicted molar refractivity (Wildman–Crippen MR) is 75.4 cm³/mol. The third-order valence-corrected chi connectivity index (χ3v) is 4.14. The molecule has 0 aliphatic heterocycles. The predicted octanol–water partition coefficient (Wildman–Crippen LogP) is 3.29. The molecule has 1 aliphatic rings. The van der Waals surface area contributed by atoms with E-state index in [4.69, 9.17) is 10.7 Å². The largest absolute Gasteiger partial charge is 0.328 e. The number of aromatic nitrogens is 1. The highest BCUT2D eigenvalue weighted by Gasteiger charge is 2.33. The van der Waals surface area contributed by atoms with Crippen molar-refractivity contribution >= 4 is 10.9 Å². The molecule has 0 bridgehead atoms. The molecule has 2 heteroatoms. The van der Waals surface area contributed by atoms with Crippen molar-refractivity contribution in [3.8, 4) is 0 Å². The molecule has 2 aromatic rings. The summed E-state index contributed by atoms with van der Waals surface area (Å²) in [4.78, 5) is 4.77. The van der Waals surface area contributed by atoms with Crippen molar-refractivity contribution in [2.24, 2.45) is 11.1 Å². The number of hydrogen-bond donors (Lipinski definition) is 1. The molecule has 0 radical (unpaired) electrons. The summed E-state index contributed by atoms with van der Waals surface area (Å²) in [5.74, 6) is 0. The first-order chi connectivity index (χ1) is 8.65. The standard InChI is InChI=1S/C16H20N2/c1-16(9-8-13(17)10-16)11-14-7-6-12-4-2-3-5-15(12)18-14/h2-7,13H,8-11,17H2,1H3. The highest BCUT2D eigenvalue weighted by molar-refractivity contribution is 5.78. The van der Waals surface area contributed by atoms with E-state index < -0.39 is 0 Å². The minimum absolute atomic E-state index is 0.342. The first kappa shape index (κ1) is 11.7. The molecule has 1 fully saturated rings. The minimum atomic E-state index is 0.342. The maximum absolute atomic E-state index is 6.03. The van der Waals surface area contributed by atoms with E-state index >= 15 is 0 Å². The Balaban J connectivity index is 1.86. The van der Waals surface area contributed by atoms with Crippen LogP contribution in [0.2, 0.25) is 0 Å². The van der Waals surface area contributed by atoms with Gasteiger partial charge in [-0.3, -0.25) is 4.98 Å². The van der Waals surface area contributed by atoms with Crippen LogP contribution >= 0.6 is 0 Å². The number of rotatable bonds is 2. The lowest BCUT2D eigenvalue weighted by Crippen LogP contribution is -2.21. The molecule has 0 saturated heterocycles. The molecule has 2 nitrogen and oxygen atoms in total. The lowest BCUT2D eigenvalue weighted by molar-refractivity contribution is 0.326. The molecule has 3 rings (SSSR count). The van der Waals surface area contributed by atoms with Gasteiger partial charge in [0.2, 0.25) is 0 Å². The normalized spacial score (nSPS) is 27.8. The Morgan fingerprint density at radius 2 is 2.11 bits per heavy atom. The molecule has 0 spiro atoms. The highest BCUT2D eigenvalue weighted by atomic mass is 14.7. The highest BCUT2D eigenvalue weighted by Crippen LogP contribution is 2.39. The molecular formula is C16H20N2. The van der Waals surface area contributed by atoms with E-state index in [0.29, 0.717) is 11.5 Å². The monoisotopic (exact) mass is 240 g/mol. The first-order valence-electron chi connectivity index (χ1n) is 6.75. The van der Waals surface area contributed by atoms with Gasteiger partial charge in [0, 0.05) is 17.1 Å². The lowest BCUT2D eigenvalue weighted by atomic mass is 9.83. The number of nitrogens with zero attached hydrogens (tertiary/aromatic N) is 1. The average Bonchev–Trinajstić information content (AvgIpc) is 2.69.